The van der Waals surface area contributed by atoms with Crippen molar-refractivity contribution in [3.8, 4) is 5.75 Å². The van der Waals surface area contributed by atoms with Crippen LogP contribution >= 0.6 is 11.8 Å². The molecular formula is C9H11FN2OS. The molecule has 2 rings (SSSR count). The van der Waals surface area contributed by atoms with Crippen molar-refractivity contribution in [2.45, 2.75) is 12.8 Å². The van der Waals surface area contributed by atoms with E-state index in [9.17, 15) is 4.39 Å². The molecular weight excluding hydrogens is 203 g/mol. The van der Waals surface area contributed by atoms with Gasteiger partial charge in [-0.05, 0) is 6.92 Å². The molecule has 0 N–H and O–H groups in total. The summed E-state index contributed by atoms with van der Waals surface area (Å²) in [7, 11) is 1.42. The number of halogens is 1. The molecule has 0 amide bonds. The maximum absolute atomic E-state index is 13.3. The Morgan fingerprint density at radius 3 is 2.57 bits per heavy atom. The summed E-state index contributed by atoms with van der Waals surface area (Å²) in [5.41, 5.74) is 0.576. The summed E-state index contributed by atoms with van der Waals surface area (Å²) in [4.78, 5) is 8.05. The highest BCUT2D eigenvalue weighted by atomic mass is 32.2. The largest absolute Gasteiger partial charge is 0.490 e. The SMILES string of the molecule is COc1c(C)nc(C2CSC2)nc1F. The number of ether oxygens (including phenoxy) is 1. The molecule has 0 aliphatic carbocycles. The van der Waals surface area contributed by atoms with Gasteiger partial charge in [0.2, 0.25) is 0 Å². The second-order valence-corrected chi connectivity index (χ2v) is 4.30. The predicted molar refractivity (Wildman–Crippen MR) is 53.3 cm³/mol. The minimum atomic E-state index is -0.549. The van der Waals surface area contributed by atoms with Crippen LogP contribution in [0.1, 0.15) is 17.4 Å². The summed E-state index contributed by atoms with van der Waals surface area (Å²) in [5.74, 6) is 2.52. The summed E-state index contributed by atoms with van der Waals surface area (Å²) < 4.78 is 18.2. The Kier molecular flexibility index (Phi) is 2.58. The fourth-order valence-electron chi connectivity index (χ4n) is 1.35. The van der Waals surface area contributed by atoms with Gasteiger partial charge in [-0.25, -0.2) is 9.97 Å². The zero-order valence-corrected chi connectivity index (χ0v) is 8.90. The van der Waals surface area contributed by atoms with Crippen LogP contribution in [-0.4, -0.2) is 28.6 Å². The molecule has 0 atom stereocenters. The second-order valence-electron chi connectivity index (χ2n) is 3.23. The number of aromatic nitrogens is 2. The van der Waals surface area contributed by atoms with Gasteiger partial charge >= 0.3 is 0 Å². The summed E-state index contributed by atoms with van der Waals surface area (Å²) in [6.45, 7) is 1.74. The first-order valence-electron chi connectivity index (χ1n) is 4.38. The van der Waals surface area contributed by atoms with E-state index in [4.69, 9.17) is 4.74 Å². The van der Waals surface area contributed by atoms with Crippen molar-refractivity contribution in [3.05, 3.63) is 17.5 Å². The highest BCUT2D eigenvalue weighted by Gasteiger charge is 2.25. The maximum Gasteiger partial charge on any atom is 0.258 e. The third kappa shape index (κ3) is 1.56. The summed E-state index contributed by atoms with van der Waals surface area (Å²) in [6, 6.07) is 0. The number of thioether (sulfide) groups is 1. The van der Waals surface area contributed by atoms with Crippen LogP contribution in [0.2, 0.25) is 0 Å². The molecule has 0 bridgehead atoms. The van der Waals surface area contributed by atoms with Gasteiger partial charge in [-0.1, -0.05) is 0 Å². The second kappa shape index (κ2) is 3.73. The molecule has 0 saturated carbocycles. The van der Waals surface area contributed by atoms with Gasteiger partial charge in [0.25, 0.3) is 5.95 Å². The Bertz CT molecular complexity index is 332. The van der Waals surface area contributed by atoms with E-state index in [1.807, 2.05) is 11.8 Å². The van der Waals surface area contributed by atoms with Gasteiger partial charge in [-0.3, -0.25) is 0 Å². The average Bonchev–Trinajstić information content (AvgIpc) is 2.00. The molecule has 1 fully saturated rings. The van der Waals surface area contributed by atoms with E-state index in [0.717, 1.165) is 11.5 Å². The van der Waals surface area contributed by atoms with Crippen LogP contribution in [0.15, 0.2) is 0 Å². The van der Waals surface area contributed by atoms with Crippen LogP contribution in [0.5, 0.6) is 5.75 Å². The fourth-order valence-corrected chi connectivity index (χ4v) is 2.12. The van der Waals surface area contributed by atoms with Gasteiger partial charge in [0.15, 0.2) is 5.75 Å². The van der Waals surface area contributed by atoms with E-state index in [2.05, 4.69) is 9.97 Å². The predicted octanol–water partition coefficient (Wildman–Crippen LogP) is 1.76. The van der Waals surface area contributed by atoms with Crippen molar-refractivity contribution in [3.63, 3.8) is 0 Å². The number of hydrogen-bond acceptors (Lipinski definition) is 4. The third-order valence-corrected chi connectivity index (χ3v) is 3.49. The zero-order valence-electron chi connectivity index (χ0n) is 8.08. The Hall–Kier alpha value is -0.840. The van der Waals surface area contributed by atoms with Crippen molar-refractivity contribution >= 4 is 11.8 Å². The summed E-state index contributed by atoms with van der Waals surface area (Å²) >= 11 is 1.83. The Morgan fingerprint density at radius 1 is 1.43 bits per heavy atom. The minimum Gasteiger partial charge on any atom is -0.490 e. The first kappa shape index (κ1) is 9.71. The fraction of sp³-hybridized carbons (Fsp3) is 0.556. The molecule has 1 aromatic heterocycles. The zero-order chi connectivity index (χ0) is 10.1. The monoisotopic (exact) mass is 214 g/mol. The molecule has 0 unspecified atom stereocenters. The van der Waals surface area contributed by atoms with Crippen LogP contribution in [0.3, 0.4) is 0 Å². The first-order valence-corrected chi connectivity index (χ1v) is 5.53. The van der Waals surface area contributed by atoms with Crippen LogP contribution in [0.4, 0.5) is 4.39 Å². The maximum atomic E-state index is 13.3. The number of aryl methyl sites for hydroxylation is 1. The standard InChI is InChI=1S/C9H11FN2OS/c1-5-7(13-2)8(10)12-9(11-5)6-3-14-4-6/h6H,3-4H2,1-2H3. The van der Waals surface area contributed by atoms with E-state index in [1.165, 1.54) is 7.11 Å². The molecule has 2 heterocycles. The van der Waals surface area contributed by atoms with Crippen molar-refractivity contribution in [1.82, 2.24) is 9.97 Å². The number of nitrogens with zero attached hydrogens (tertiary/aromatic N) is 2. The lowest BCUT2D eigenvalue weighted by Gasteiger charge is -2.23. The van der Waals surface area contributed by atoms with Crippen molar-refractivity contribution in [1.29, 1.82) is 0 Å². The van der Waals surface area contributed by atoms with E-state index < -0.39 is 5.95 Å². The van der Waals surface area contributed by atoms with Gasteiger partial charge in [-0.2, -0.15) is 16.2 Å². The van der Waals surface area contributed by atoms with E-state index in [-0.39, 0.29) is 5.75 Å². The highest BCUT2D eigenvalue weighted by molar-refractivity contribution is 8.00. The van der Waals surface area contributed by atoms with Crippen molar-refractivity contribution in [2.24, 2.45) is 0 Å². The van der Waals surface area contributed by atoms with Gasteiger partial charge < -0.3 is 4.74 Å². The molecule has 1 aliphatic heterocycles. The topological polar surface area (TPSA) is 35.0 Å². The first-order chi connectivity index (χ1) is 6.72. The molecule has 14 heavy (non-hydrogen) atoms. The molecule has 5 heteroatoms. The number of methoxy groups -OCH3 is 1. The summed E-state index contributed by atoms with van der Waals surface area (Å²) in [6.07, 6.45) is 0. The van der Waals surface area contributed by atoms with Crippen LogP contribution in [0.25, 0.3) is 0 Å². The molecule has 3 nitrogen and oxygen atoms in total. The van der Waals surface area contributed by atoms with Gasteiger partial charge in [-0.15, -0.1) is 0 Å². The lowest BCUT2D eigenvalue weighted by atomic mass is 10.2. The molecule has 1 aromatic rings. The smallest absolute Gasteiger partial charge is 0.258 e. The van der Waals surface area contributed by atoms with E-state index in [0.29, 0.717) is 17.4 Å². The van der Waals surface area contributed by atoms with Crippen molar-refractivity contribution < 1.29 is 9.13 Å². The Morgan fingerprint density at radius 2 is 2.14 bits per heavy atom. The minimum absolute atomic E-state index is 0.153. The van der Waals surface area contributed by atoms with Crippen LogP contribution in [0, 0.1) is 12.9 Å². The molecule has 76 valence electrons. The Balaban J connectivity index is 2.35. The van der Waals surface area contributed by atoms with Gasteiger partial charge in [0, 0.05) is 17.4 Å². The van der Waals surface area contributed by atoms with Crippen LogP contribution < -0.4 is 4.74 Å². The molecule has 0 spiro atoms. The molecule has 1 saturated heterocycles. The lowest BCUT2D eigenvalue weighted by Crippen LogP contribution is -2.19. The quantitative estimate of drug-likeness (QED) is 0.703. The Labute approximate surface area is 86.1 Å². The van der Waals surface area contributed by atoms with E-state index >= 15 is 0 Å². The van der Waals surface area contributed by atoms with Crippen molar-refractivity contribution in [2.75, 3.05) is 18.6 Å². The third-order valence-electron chi connectivity index (χ3n) is 2.22. The van der Waals surface area contributed by atoms with E-state index in [1.54, 1.807) is 6.92 Å². The van der Waals surface area contributed by atoms with Gasteiger partial charge in [0.05, 0.1) is 12.8 Å². The molecule has 1 aliphatic rings. The average molecular weight is 214 g/mol. The van der Waals surface area contributed by atoms with Gasteiger partial charge in [0.1, 0.15) is 5.82 Å². The number of rotatable bonds is 2. The highest BCUT2D eigenvalue weighted by Crippen LogP contribution is 2.33. The summed E-state index contributed by atoms with van der Waals surface area (Å²) in [5, 5.41) is 0. The molecule has 0 radical (unpaired) electrons. The normalized spacial score (nSPS) is 16.5. The van der Waals surface area contributed by atoms with Crippen LogP contribution in [-0.2, 0) is 0 Å². The molecule has 0 aromatic carbocycles. The lowest BCUT2D eigenvalue weighted by molar-refractivity contribution is 0.368. The number of hydrogen-bond donors (Lipinski definition) is 0.